The topological polar surface area (TPSA) is 177 Å². The molecule has 4 amide bonds. The molecule has 0 spiro atoms. The number of aliphatic carboxylic acids is 1. The number of carbonyl (C=O) groups is 4. The zero-order chi connectivity index (χ0) is 33.8. The largest absolute Gasteiger partial charge is 0.495 e. The lowest BCUT2D eigenvalue weighted by atomic mass is 9.97. The summed E-state index contributed by atoms with van der Waals surface area (Å²) in [5.74, 6) is -1.51. The van der Waals surface area contributed by atoms with Crippen LogP contribution in [0.2, 0.25) is 0 Å². The number of carboxylic acids is 1. The lowest BCUT2D eigenvalue weighted by Gasteiger charge is -2.22. The highest BCUT2D eigenvalue weighted by atomic mass is 16.5. The molecule has 13 nitrogen and oxygen atoms in total. The van der Waals surface area contributed by atoms with Crippen LogP contribution in [0.4, 0.5) is 16.3 Å². The smallest absolute Gasteiger partial charge is 0.324 e. The lowest BCUT2D eigenvalue weighted by molar-refractivity contribution is -0.139. The maximum atomic E-state index is 13.2. The van der Waals surface area contributed by atoms with Crippen molar-refractivity contribution in [1.82, 2.24) is 15.6 Å². The number of nitrogens with zero attached hydrogens (tertiary/aromatic N) is 1. The molecule has 0 aliphatic carbocycles. The Balaban J connectivity index is 1.64. The number of carbonyl (C=O) groups excluding carboxylic acids is 3. The Bertz CT molecular complexity index is 1530. The number of hydrogen-bond acceptors (Lipinski definition) is 8. The highest BCUT2D eigenvalue weighted by Crippen LogP contribution is 2.31. The number of anilines is 2. The molecule has 0 saturated heterocycles. The summed E-state index contributed by atoms with van der Waals surface area (Å²) in [6, 6.07) is 11.8. The van der Waals surface area contributed by atoms with E-state index in [0.29, 0.717) is 46.3 Å². The summed E-state index contributed by atoms with van der Waals surface area (Å²) in [5.41, 5.74) is 2.35. The number of rotatable bonds is 15. The van der Waals surface area contributed by atoms with E-state index in [-0.39, 0.29) is 18.9 Å². The predicted molar refractivity (Wildman–Crippen MR) is 173 cm³/mol. The van der Waals surface area contributed by atoms with Crippen molar-refractivity contribution < 1.29 is 38.5 Å². The maximum absolute atomic E-state index is 13.2. The minimum absolute atomic E-state index is 0.0591. The Hall–Kier alpha value is -5.33. The first kappa shape index (κ1) is 35.2. The van der Waals surface area contributed by atoms with Gasteiger partial charge in [-0.05, 0) is 66.3 Å². The average molecular weight is 636 g/mol. The van der Waals surface area contributed by atoms with Gasteiger partial charge in [0.2, 0.25) is 11.8 Å². The number of hydrogen-bond donors (Lipinski definition) is 5. The second-order valence-corrected chi connectivity index (χ2v) is 11.0. The van der Waals surface area contributed by atoms with E-state index in [9.17, 15) is 24.3 Å². The van der Waals surface area contributed by atoms with Crippen molar-refractivity contribution in [1.29, 1.82) is 0 Å². The van der Waals surface area contributed by atoms with E-state index in [0.717, 1.165) is 5.56 Å². The van der Waals surface area contributed by atoms with Crippen molar-refractivity contribution in [3.8, 4) is 17.2 Å². The summed E-state index contributed by atoms with van der Waals surface area (Å²) < 4.78 is 15.9. The molecule has 2 atom stereocenters. The number of amides is 4. The molecule has 0 fully saturated rings. The fraction of sp³-hybridized carbons (Fsp3) is 0.364. The Labute approximate surface area is 268 Å². The van der Waals surface area contributed by atoms with Crippen molar-refractivity contribution in [2.45, 2.75) is 45.6 Å². The van der Waals surface area contributed by atoms with Gasteiger partial charge in [0.25, 0.3) is 0 Å². The molecular formula is C33H41N5O8. The SMILES string of the molecule is COc1cc(CC(=O)N[C@@H](CC(C)C)C(=O)NCC(C(=O)O)c2ccc(OC)c(OC)c2)ccc1NC(=O)Nc1ccc(C)cn1. The number of aromatic nitrogens is 1. The van der Waals surface area contributed by atoms with E-state index in [2.05, 4.69) is 26.3 Å². The highest BCUT2D eigenvalue weighted by Gasteiger charge is 2.26. The second-order valence-electron chi connectivity index (χ2n) is 11.0. The minimum atomic E-state index is -1.13. The number of aryl methyl sites for hydroxylation is 1. The zero-order valence-electron chi connectivity index (χ0n) is 26.8. The molecule has 1 aromatic heterocycles. The van der Waals surface area contributed by atoms with Gasteiger partial charge in [-0.3, -0.25) is 19.7 Å². The predicted octanol–water partition coefficient (Wildman–Crippen LogP) is 4.12. The molecule has 5 N–H and O–H groups in total. The van der Waals surface area contributed by atoms with Crippen LogP contribution >= 0.6 is 0 Å². The summed E-state index contributed by atoms with van der Waals surface area (Å²) in [7, 11) is 4.37. The molecule has 3 aromatic rings. The number of benzene rings is 2. The third-order valence-corrected chi connectivity index (χ3v) is 6.98. The Morgan fingerprint density at radius 3 is 2.20 bits per heavy atom. The van der Waals surface area contributed by atoms with Gasteiger partial charge in [0, 0.05) is 12.7 Å². The molecule has 0 bridgehead atoms. The maximum Gasteiger partial charge on any atom is 0.324 e. The zero-order valence-corrected chi connectivity index (χ0v) is 26.8. The Morgan fingerprint density at radius 2 is 1.59 bits per heavy atom. The minimum Gasteiger partial charge on any atom is -0.495 e. The molecule has 0 aliphatic rings. The number of methoxy groups -OCH3 is 3. The van der Waals surface area contributed by atoms with Gasteiger partial charge in [-0.2, -0.15) is 0 Å². The second kappa shape index (κ2) is 16.7. The highest BCUT2D eigenvalue weighted by molar-refractivity contribution is 6.00. The van der Waals surface area contributed by atoms with Gasteiger partial charge in [0.15, 0.2) is 11.5 Å². The first-order valence-electron chi connectivity index (χ1n) is 14.6. The third kappa shape index (κ3) is 10.1. The van der Waals surface area contributed by atoms with Crippen LogP contribution in [0.3, 0.4) is 0 Å². The van der Waals surface area contributed by atoms with E-state index >= 15 is 0 Å². The molecule has 3 rings (SSSR count). The van der Waals surface area contributed by atoms with Gasteiger partial charge in [0.05, 0.1) is 39.4 Å². The summed E-state index contributed by atoms with van der Waals surface area (Å²) in [4.78, 5) is 55.0. The average Bonchev–Trinajstić information content (AvgIpc) is 3.01. The van der Waals surface area contributed by atoms with Crippen LogP contribution in [-0.4, -0.2) is 67.8 Å². The number of pyridine rings is 1. The van der Waals surface area contributed by atoms with Crippen LogP contribution in [0.1, 0.15) is 42.9 Å². The van der Waals surface area contributed by atoms with Gasteiger partial charge in [-0.15, -0.1) is 0 Å². The normalized spacial score (nSPS) is 12.0. The number of carboxylic acid groups (broad SMARTS) is 1. The van der Waals surface area contributed by atoms with Crippen LogP contribution in [0, 0.1) is 12.8 Å². The molecule has 0 radical (unpaired) electrons. The van der Waals surface area contributed by atoms with Crippen molar-refractivity contribution in [2.75, 3.05) is 38.5 Å². The summed E-state index contributed by atoms with van der Waals surface area (Å²) >= 11 is 0. The lowest BCUT2D eigenvalue weighted by Crippen LogP contribution is -2.49. The first-order valence-corrected chi connectivity index (χ1v) is 14.6. The standard InChI is InChI=1S/C33H41N5O8/c1-19(2)13-25(31(40)35-18-23(32(41)42)22-9-11-26(44-4)28(16-22)46-6)36-30(39)15-21-8-10-24(27(14-21)45-5)37-33(43)38-29-12-7-20(3)17-34-29/h7-12,14,16-17,19,23,25H,13,15,18H2,1-6H3,(H,35,40)(H,36,39)(H,41,42)(H2,34,37,38,43)/t23?,25-/m0/s1. The van der Waals surface area contributed by atoms with Crippen LogP contribution in [0.5, 0.6) is 17.2 Å². The van der Waals surface area contributed by atoms with Gasteiger partial charge in [0.1, 0.15) is 17.6 Å². The van der Waals surface area contributed by atoms with Crippen molar-refractivity contribution >= 4 is 35.3 Å². The number of ether oxygens (including phenoxy) is 3. The van der Waals surface area contributed by atoms with Gasteiger partial charge < -0.3 is 35.3 Å². The monoisotopic (exact) mass is 635 g/mol. The molecule has 13 heteroatoms. The molecule has 0 saturated carbocycles. The Kier molecular flexibility index (Phi) is 12.7. The van der Waals surface area contributed by atoms with E-state index < -0.39 is 35.8 Å². The molecule has 0 aliphatic heterocycles. The quantitative estimate of drug-likeness (QED) is 0.164. The van der Waals surface area contributed by atoms with Crippen LogP contribution in [-0.2, 0) is 20.8 Å². The van der Waals surface area contributed by atoms with Crippen molar-refractivity contribution in [2.24, 2.45) is 5.92 Å². The molecule has 46 heavy (non-hydrogen) atoms. The Morgan fingerprint density at radius 1 is 0.870 bits per heavy atom. The van der Waals surface area contributed by atoms with E-state index in [1.807, 2.05) is 26.8 Å². The van der Waals surface area contributed by atoms with Crippen LogP contribution in [0.15, 0.2) is 54.7 Å². The molecule has 2 aromatic carbocycles. The molecule has 246 valence electrons. The molecular weight excluding hydrogens is 594 g/mol. The van der Waals surface area contributed by atoms with Crippen LogP contribution < -0.4 is 35.5 Å². The van der Waals surface area contributed by atoms with E-state index in [1.54, 1.807) is 48.7 Å². The number of urea groups is 1. The van der Waals surface area contributed by atoms with Crippen LogP contribution in [0.25, 0.3) is 0 Å². The van der Waals surface area contributed by atoms with E-state index in [1.165, 1.54) is 21.3 Å². The van der Waals surface area contributed by atoms with E-state index in [4.69, 9.17) is 14.2 Å². The third-order valence-electron chi connectivity index (χ3n) is 6.98. The summed E-state index contributed by atoms with van der Waals surface area (Å²) in [5, 5.41) is 20.7. The molecule has 1 heterocycles. The van der Waals surface area contributed by atoms with Crippen molar-refractivity contribution in [3.63, 3.8) is 0 Å². The van der Waals surface area contributed by atoms with Gasteiger partial charge in [-0.1, -0.05) is 32.0 Å². The number of nitrogens with one attached hydrogen (secondary N) is 4. The van der Waals surface area contributed by atoms with Gasteiger partial charge in [-0.25, -0.2) is 9.78 Å². The summed E-state index contributed by atoms with van der Waals surface area (Å²) in [6.07, 6.45) is 1.91. The van der Waals surface area contributed by atoms with Gasteiger partial charge >= 0.3 is 12.0 Å². The molecule has 1 unspecified atom stereocenters. The first-order chi connectivity index (χ1) is 21.9. The fourth-order valence-electron chi connectivity index (χ4n) is 4.64. The summed E-state index contributed by atoms with van der Waals surface area (Å²) in [6.45, 7) is 5.52. The van der Waals surface area contributed by atoms with Crippen molar-refractivity contribution in [3.05, 3.63) is 71.4 Å². The fourth-order valence-corrected chi connectivity index (χ4v) is 4.64.